The summed E-state index contributed by atoms with van der Waals surface area (Å²) < 4.78 is 66.9. The molecule has 0 aliphatic carbocycles. The third-order valence-electron chi connectivity index (χ3n) is 4.49. The molecule has 2 atom stereocenters. The number of anilines is 2. The van der Waals surface area contributed by atoms with Crippen LogP contribution < -0.4 is 9.62 Å². The highest BCUT2D eigenvalue weighted by molar-refractivity contribution is 7.93. The predicted molar refractivity (Wildman–Crippen MR) is 95.4 cm³/mol. The van der Waals surface area contributed by atoms with Crippen molar-refractivity contribution in [2.75, 3.05) is 16.7 Å². The molecule has 1 aromatic carbocycles. The Morgan fingerprint density at radius 1 is 1.26 bits per heavy atom. The summed E-state index contributed by atoms with van der Waals surface area (Å²) in [6.45, 7) is 3.94. The molecule has 1 N–H and O–H groups in total. The Morgan fingerprint density at radius 3 is 2.56 bits per heavy atom. The molecule has 0 saturated heterocycles. The van der Waals surface area contributed by atoms with Crippen LogP contribution in [0.5, 0.6) is 0 Å². The topological polar surface area (TPSA) is 99.9 Å². The monoisotopic (exact) mass is 420 g/mol. The van der Waals surface area contributed by atoms with Crippen LogP contribution in [-0.2, 0) is 10.0 Å². The van der Waals surface area contributed by atoms with Crippen LogP contribution in [0.25, 0.3) is 0 Å². The van der Waals surface area contributed by atoms with E-state index < -0.39 is 15.5 Å². The van der Waals surface area contributed by atoms with Crippen LogP contribution in [-0.4, -0.2) is 36.4 Å². The first-order valence-corrected chi connectivity index (χ1v) is 9.95. The minimum Gasteiger partial charge on any atom is -0.371 e. The van der Waals surface area contributed by atoms with E-state index in [1.165, 1.54) is 12.4 Å². The molecule has 3 rings (SSSR count). The number of halogens is 3. The zero-order chi connectivity index (χ0) is 20.0. The van der Waals surface area contributed by atoms with Crippen LogP contribution >= 0.6 is 11.5 Å². The molecule has 0 radical (unpaired) electrons. The number of benzene rings is 1. The highest BCUT2D eigenvalue weighted by atomic mass is 32.2. The van der Waals surface area contributed by atoms with Gasteiger partial charge in [-0.1, -0.05) is 6.92 Å². The summed E-state index contributed by atoms with van der Waals surface area (Å²) in [6, 6.07) is 2.97. The maximum absolute atomic E-state index is 12.8. The molecular formula is C14H15F3N6O2S2. The van der Waals surface area contributed by atoms with Gasteiger partial charge in [0.05, 0.1) is 5.69 Å². The standard InChI is InChI=1S/C14H15F3N6O2S2/c1-7-8(2)23(3)12-5-11(22-27(24,25)14(15,16)17)10(4-9(7)12)20-21-13-18-6-19-26-13/h4-8,22H,1-3H3. The normalized spacial score (nSPS) is 20.3. The molecule has 0 fully saturated rings. The van der Waals surface area contributed by atoms with Gasteiger partial charge in [-0.25, -0.2) is 4.98 Å². The van der Waals surface area contributed by atoms with E-state index in [2.05, 4.69) is 19.6 Å². The average Bonchev–Trinajstić information content (AvgIpc) is 3.16. The summed E-state index contributed by atoms with van der Waals surface area (Å²) in [4.78, 5) is 5.68. The van der Waals surface area contributed by atoms with E-state index in [0.717, 1.165) is 17.1 Å². The molecule has 1 aromatic heterocycles. The summed E-state index contributed by atoms with van der Waals surface area (Å²) in [5.74, 6) is 0.0775. The molecule has 1 aliphatic heterocycles. The van der Waals surface area contributed by atoms with Crippen LogP contribution in [0.3, 0.4) is 0 Å². The maximum atomic E-state index is 12.8. The Kier molecular flexibility index (Phi) is 4.84. The van der Waals surface area contributed by atoms with Gasteiger partial charge in [-0.15, -0.1) is 10.2 Å². The largest absolute Gasteiger partial charge is 0.516 e. The lowest BCUT2D eigenvalue weighted by Gasteiger charge is -2.21. The average molecular weight is 420 g/mol. The molecule has 2 heterocycles. The fourth-order valence-corrected chi connectivity index (χ4v) is 3.68. The number of aromatic nitrogens is 2. The third kappa shape index (κ3) is 3.60. The van der Waals surface area contributed by atoms with Crippen LogP contribution in [0.1, 0.15) is 25.3 Å². The minimum atomic E-state index is -5.60. The van der Waals surface area contributed by atoms with E-state index in [0.29, 0.717) is 5.69 Å². The van der Waals surface area contributed by atoms with Crippen LogP contribution in [0.15, 0.2) is 28.7 Å². The first-order chi connectivity index (χ1) is 12.5. The fourth-order valence-electron chi connectivity index (χ4n) is 2.75. The number of rotatable bonds is 4. The summed E-state index contributed by atoms with van der Waals surface area (Å²) in [7, 11) is -3.81. The quantitative estimate of drug-likeness (QED) is 0.749. The predicted octanol–water partition coefficient (Wildman–Crippen LogP) is 4.16. The van der Waals surface area contributed by atoms with Gasteiger partial charge >= 0.3 is 15.5 Å². The highest BCUT2D eigenvalue weighted by Gasteiger charge is 2.46. The lowest BCUT2D eigenvalue weighted by atomic mass is 9.97. The van der Waals surface area contributed by atoms with Gasteiger partial charge in [0.15, 0.2) is 0 Å². The van der Waals surface area contributed by atoms with Gasteiger partial charge in [-0.3, -0.25) is 4.72 Å². The second-order valence-electron chi connectivity index (χ2n) is 6.04. The van der Waals surface area contributed by atoms with E-state index in [9.17, 15) is 21.6 Å². The van der Waals surface area contributed by atoms with Crippen LogP contribution in [0.4, 0.5) is 35.4 Å². The van der Waals surface area contributed by atoms with Gasteiger partial charge in [0.25, 0.3) is 0 Å². The number of sulfonamides is 1. The van der Waals surface area contributed by atoms with Crippen molar-refractivity contribution in [3.63, 3.8) is 0 Å². The number of alkyl halides is 3. The van der Waals surface area contributed by atoms with Crippen molar-refractivity contribution in [3.8, 4) is 0 Å². The molecule has 27 heavy (non-hydrogen) atoms. The Labute approximate surface area is 157 Å². The number of azo groups is 1. The summed E-state index contributed by atoms with van der Waals surface area (Å²) in [6.07, 6.45) is 1.26. The van der Waals surface area contributed by atoms with Gasteiger partial charge < -0.3 is 4.90 Å². The van der Waals surface area contributed by atoms with Gasteiger partial charge in [0, 0.05) is 36.2 Å². The molecule has 0 amide bonds. The van der Waals surface area contributed by atoms with E-state index in [1.807, 2.05) is 18.7 Å². The molecule has 13 heteroatoms. The molecule has 0 bridgehead atoms. The highest BCUT2D eigenvalue weighted by Crippen LogP contribution is 2.45. The first kappa shape index (κ1) is 19.5. The van der Waals surface area contributed by atoms with E-state index >= 15 is 0 Å². The molecule has 2 aromatic rings. The SMILES string of the molecule is CC1c2cc(N=Nc3ncns3)c(NS(=O)(=O)C(F)(F)F)cc2N(C)C1C. The first-order valence-electron chi connectivity index (χ1n) is 7.69. The van der Waals surface area contributed by atoms with Crippen molar-refractivity contribution < 1.29 is 21.6 Å². The number of nitrogens with zero attached hydrogens (tertiary/aromatic N) is 5. The molecular weight excluding hydrogens is 405 g/mol. The number of fused-ring (bicyclic) bond motifs is 1. The van der Waals surface area contributed by atoms with E-state index in [-0.39, 0.29) is 28.5 Å². The minimum absolute atomic E-state index is 0.0360. The van der Waals surface area contributed by atoms with Gasteiger partial charge in [-0.2, -0.15) is 26.0 Å². The van der Waals surface area contributed by atoms with Crippen molar-refractivity contribution in [3.05, 3.63) is 24.0 Å². The third-order valence-corrected chi connectivity index (χ3v) is 6.14. The fraction of sp³-hybridized carbons (Fsp3) is 0.429. The molecule has 146 valence electrons. The van der Waals surface area contributed by atoms with Crippen molar-refractivity contribution in [2.45, 2.75) is 31.3 Å². The zero-order valence-corrected chi connectivity index (χ0v) is 16.0. The smallest absolute Gasteiger partial charge is 0.371 e. The number of hydrogen-bond acceptors (Lipinski definition) is 8. The molecule has 0 saturated carbocycles. The molecule has 2 unspecified atom stereocenters. The summed E-state index contributed by atoms with van der Waals surface area (Å²) in [5, 5.41) is 7.91. The molecule has 0 spiro atoms. The van der Waals surface area contributed by atoms with Crippen molar-refractivity contribution >= 4 is 43.7 Å². The van der Waals surface area contributed by atoms with Crippen molar-refractivity contribution in [2.24, 2.45) is 10.2 Å². The lowest BCUT2D eigenvalue weighted by molar-refractivity contribution is -0.0429. The Hall–Kier alpha value is -2.28. The second kappa shape index (κ2) is 6.71. The van der Waals surface area contributed by atoms with Gasteiger partial charge in [-0.05, 0) is 24.6 Å². The van der Waals surface area contributed by atoms with E-state index in [1.54, 1.807) is 17.8 Å². The van der Waals surface area contributed by atoms with Gasteiger partial charge in [0.1, 0.15) is 12.0 Å². The molecule has 8 nitrogen and oxygen atoms in total. The zero-order valence-electron chi connectivity index (χ0n) is 14.4. The number of nitrogens with one attached hydrogen (secondary N) is 1. The maximum Gasteiger partial charge on any atom is 0.516 e. The Morgan fingerprint density at radius 2 is 1.96 bits per heavy atom. The Bertz CT molecular complexity index is 975. The van der Waals surface area contributed by atoms with Gasteiger partial charge in [0.2, 0.25) is 5.13 Å². The second-order valence-corrected chi connectivity index (χ2v) is 8.48. The van der Waals surface area contributed by atoms with Crippen molar-refractivity contribution in [1.82, 2.24) is 9.36 Å². The molecule has 1 aliphatic rings. The summed E-state index contributed by atoms with van der Waals surface area (Å²) in [5.41, 5.74) is -4.33. The number of hydrogen-bond donors (Lipinski definition) is 1. The number of likely N-dealkylation sites (N-methyl/N-ethyl adjacent to an activating group) is 1. The lowest BCUT2D eigenvalue weighted by Crippen LogP contribution is -2.30. The van der Waals surface area contributed by atoms with Crippen LogP contribution in [0.2, 0.25) is 0 Å². The van der Waals surface area contributed by atoms with Crippen LogP contribution in [0, 0.1) is 0 Å². The summed E-state index contributed by atoms with van der Waals surface area (Å²) >= 11 is 0.944. The van der Waals surface area contributed by atoms with E-state index in [4.69, 9.17) is 0 Å². The Balaban J connectivity index is 2.10. The van der Waals surface area contributed by atoms with Crippen molar-refractivity contribution in [1.29, 1.82) is 0 Å².